The predicted octanol–water partition coefficient (Wildman–Crippen LogP) is 0.498. The largest absolute Gasteiger partial charge is 0.507 e. The standard InChI is InChI=1S/C35H37NO15/c1-7-50-33(45)20-12(2)8-14-9-19(38)35(49-6)31(44)22-16(30(43)34(35,46)23(14)26(20)41)10-15-21(25(22)40)18(37)11-17(24(15)39)36-32-29(48-5)27(42)28(47-4)13(3)51-32/h8,10,13,19,27-29,32,38,40-42,46H,7,9,11H2,1-6H3/t13-,19+,27+,28-,29+,32-,34-,35+/m0/s1. The Balaban J connectivity index is 1.54. The van der Waals surface area contributed by atoms with E-state index < -0.39 is 135 Å². The number of fused-ring (bicyclic) bond motifs is 5. The minimum absolute atomic E-state index is 0.000450. The number of Topliss-reactive ketones (excluding diaryl/α,β-unsaturated/α-hetero) is 4. The molecule has 16 heteroatoms. The maximum atomic E-state index is 14.6. The summed E-state index contributed by atoms with van der Waals surface area (Å²) in [6.45, 7) is 4.50. The van der Waals surface area contributed by atoms with Crippen LogP contribution in [0.1, 0.15) is 88.7 Å². The van der Waals surface area contributed by atoms with Crippen molar-refractivity contribution in [1.82, 2.24) is 0 Å². The van der Waals surface area contributed by atoms with Crippen molar-refractivity contribution in [3.63, 3.8) is 0 Å². The lowest BCUT2D eigenvalue weighted by Gasteiger charge is -2.52. The van der Waals surface area contributed by atoms with Crippen molar-refractivity contribution >= 4 is 34.8 Å². The van der Waals surface area contributed by atoms with Gasteiger partial charge in [0.05, 0.1) is 42.1 Å². The van der Waals surface area contributed by atoms with Crippen LogP contribution in [0.15, 0.2) is 17.1 Å². The Bertz CT molecular complexity index is 1940. The molecule has 3 aliphatic carbocycles. The number of phenolic OH excluding ortho intramolecular Hbond substituents is 2. The van der Waals surface area contributed by atoms with Gasteiger partial charge in [0.2, 0.25) is 17.3 Å². The SMILES string of the molecule is CCOC(=O)c1c(C)cc2c(c1O)[C@]1(O)C(=O)c3cc4c(c(O)c3C(=O)[C@]1(OC)[C@H](O)C2)C(=O)CC(=N[C@H]1O[C@@H](C)[C@H](OC)[C@@H](O)[C@H]1OC)C4=O. The average Bonchev–Trinajstić information content (AvgIpc) is 3.06. The molecule has 0 bridgehead atoms. The van der Waals surface area contributed by atoms with Gasteiger partial charge in [-0.2, -0.15) is 0 Å². The van der Waals surface area contributed by atoms with Crippen LogP contribution in [0, 0.1) is 6.92 Å². The number of ketones is 4. The fourth-order valence-electron chi connectivity index (χ4n) is 8.00. The Morgan fingerprint density at radius 2 is 1.65 bits per heavy atom. The van der Waals surface area contributed by atoms with Gasteiger partial charge in [-0.05, 0) is 38.0 Å². The summed E-state index contributed by atoms with van der Waals surface area (Å²) in [7, 11) is 3.57. The highest BCUT2D eigenvalue weighted by Crippen LogP contribution is 2.56. The number of aliphatic hydroxyl groups is 3. The number of rotatable bonds is 6. The third-order valence-corrected chi connectivity index (χ3v) is 10.3. The average molecular weight is 712 g/mol. The summed E-state index contributed by atoms with van der Waals surface area (Å²) in [5, 5.41) is 57.8. The lowest BCUT2D eigenvalue weighted by atomic mass is 9.56. The molecule has 1 fully saturated rings. The van der Waals surface area contributed by atoms with E-state index in [-0.39, 0.29) is 23.4 Å². The number of methoxy groups -OCH3 is 3. The number of aromatic hydroxyl groups is 2. The number of esters is 1. The van der Waals surface area contributed by atoms with E-state index in [9.17, 15) is 49.5 Å². The topological polar surface area (TPSA) is 245 Å². The van der Waals surface area contributed by atoms with Crippen LogP contribution in [0.5, 0.6) is 11.5 Å². The van der Waals surface area contributed by atoms with Gasteiger partial charge < -0.3 is 49.2 Å². The highest BCUT2D eigenvalue weighted by atomic mass is 16.6. The number of hydrogen-bond acceptors (Lipinski definition) is 16. The van der Waals surface area contributed by atoms with Crippen LogP contribution in [0.2, 0.25) is 0 Å². The first-order chi connectivity index (χ1) is 24.1. The summed E-state index contributed by atoms with van der Waals surface area (Å²) < 4.78 is 27.1. The first-order valence-electron chi connectivity index (χ1n) is 16.1. The zero-order valence-corrected chi connectivity index (χ0v) is 28.5. The van der Waals surface area contributed by atoms with Crippen LogP contribution in [0.25, 0.3) is 0 Å². The summed E-state index contributed by atoms with van der Waals surface area (Å²) >= 11 is 0. The highest BCUT2D eigenvalue weighted by molar-refractivity contribution is 6.53. The number of phenols is 2. The van der Waals surface area contributed by atoms with Crippen LogP contribution in [-0.4, -0.2) is 131 Å². The van der Waals surface area contributed by atoms with Crippen molar-refractivity contribution < 1.29 is 73.2 Å². The summed E-state index contributed by atoms with van der Waals surface area (Å²) in [4.78, 5) is 73.8. The number of carbonyl (C=O) groups excluding carboxylic acids is 5. The van der Waals surface area contributed by atoms with E-state index in [0.717, 1.165) is 13.2 Å². The number of nitrogens with zero attached hydrogens (tertiary/aromatic N) is 1. The van der Waals surface area contributed by atoms with E-state index in [4.69, 9.17) is 23.7 Å². The molecule has 4 aliphatic rings. The molecular formula is C35H37NO15. The third-order valence-electron chi connectivity index (χ3n) is 10.3. The van der Waals surface area contributed by atoms with E-state index in [0.29, 0.717) is 0 Å². The number of carbonyl (C=O) groups is 5. The molecular weight excluding hydrogens is 674 g/mol. The van der Waals surface area contributed by atoms with Crippen LogP contribution >= 0.6 is 0 Å². The summed E-state index contributed by atoms with van der Waals surface area (Å²) in [5.41, 5.74) is -10.0. The molecule has 1 aliphatic heterocycles. The second-order valence-electron chi connectivity index (χ2n) is 12.9. The molecule has 5 N–H and O–H groups in total. The zero-order valence-electron chi connectivity index (χ0n) is 28.5. The van der Waals surface area contributed by atoms with E-state index in [1.807, 2.05) is 0 Å². The van der Waals surface area contributed by atoms with Gasteiger partial charge in [0.15, 0.2) is 23.2 Å². The van der Waals surface area contributed by atoms with E-state index >= 15 is 0 Å². The highest BCUT2D eigenvalue weighted by Gasteiger charge is 2.72. The fourth-order valence-corrected chi connectivity index (χ4v) is 8.00. The molecule has 0 unspecified atom stereocenters. The van der Waals surface area contributed by atoms with Gasteiger partial charge in [0.1, 0.15) is 35.4 Å². The molecule has 16 nitrogen and oxygen atoms in total. The molecule has 51 heavy (non-hydrogen) atoms. The predicted molar refractivity (Wildman–Crippen MR) is 172 cm³/mol. The quantitative estimate of drug-likeness (QED) is 0.256. The van der Waals surface area contributed by atoms with E-state index in [1.165, 1.54) is 34.1 Å². The first kappa shape index (κ1) is 36.4. The minimum Gasteiger partial charge on any atom is -0.507 e. The van der Waals surface area contributed by atoms with Crippen molar-refractivity contribution in [3.05, 3.63) is 56.6 Å². The van der Waals surface area contributed by atoms with Gasteiger partial charge in [-0.15, -0.1) is 0 Å². The molecule has 8 atom stereocenters. The monoisotopic (exact) mass is 711 g/mol. The molecule has 6 rings (SSSR count). The van der Waals surface area contributed by atoms with Gasteiger partial charge in [0.25, 0.3) is 0 Å². The first-order valence-corrected chi connectivity index (χ1v) is 16.1. The van der Waals surface area contributed by atoms with Gasteiger partial charge >= 0.3 is 5.97 Å². The lowest BCUT2D eigenvalue weighted by Crippen LogP contribution is -2.73. The molecule has 272 valence electrons. The fraction of sp³-hybridized carbons (Fsp3) is 0.486. The Morgan fingerprint density at radius 1 is 0.980 bits per heavy atom. The molecule has 1 saturated heterocycles. The van der Waals surface area contributed by atoms with Gasteiger partial charge in [-0.1, -0.05) is 6.07 Å². The Hall–Kier alpha value is -4.42. The second-order valence-corrected chi connectivity index (χ2v) is 12.9. The summed E-state index contributed by atoms with van der Waals surface area (Å²) in [6.07, 6.45) is -8.23. The number of aliphatic hydroxyl groups excluding tert-OH is 2. The van der Waals surface area contributed by atoms with Crippen LogP contribution < -0.4 is 0 Å². The Morgan fingerprint density at radius 3 is 2.25 bits per heavy atom. The van der Waals surface area contributed by atoms with Gasteiger partial charge in [0, 0.05) is 44.4 Å². The number of aryl methyl sites for hydroxylation is 1. The Kier molecular flexibility index (Phi) is 9.03. The molecule has 0 amide bonds. The number of hydrogen-bond donors (Lipinski definition) is 5. The summed E-state index contributed by atoms with van der Waals surface area (Å²) in [6, 6.07) is 2.20. The second kappa shape index (κ2) is 12.7. The minimum atomic E-state index is -3.23. The molecule has 0 spiro atoms. The summed E-state index contributed by atoms with van der Waals surface area (Å²) in [5.74, 6) is -7.50. The Labute approximate surface area is 290 Å². The maximum absolute atomic E-state index is 14.6. The van der Waals surface area contributed by atoms with Crippen molar-refractivity contribution in [2.75, 3.05) is 27.9 Å². The number of benzene rings is 2. The molecule has 1 heterocycles. The lowest BCUT2D eigenvalue weighted by molar-refractivity contribution is -0.228. The molecule has 2 aromatic rings. The molecule has 2 aromatic carbocycles. The number of aliphatic imine (C=N–C) groups is 1. The van der Waals surface area contributed by atoms with Crippen LogP contribution in [0.4, 0.5) is 0 Å². The normalized spacial score (nSPS) is 32.3. The smallest absolute Gasteiger partial charge is 0.342 e. The van der Waals surface area contributed by atoms with Gasteiger partial charge in [-0.25, -0.2) is 4.79 Å². The van der Waals surface area contributed by atoms with E-state index in [1.54, 1.807) is 6.92 Å². The number of ether oxygens (including phenoxy) is 5. The van der Waals surface area contributed by atoms with Crippen LogP contribution in [0.3, 0.4) is 0 Å². The molecule has 0 saturated carbocycles. The van der Waals surface area contributed by atoms with Gasteiger partial charge in [-0.3, -0.25) is 24.2 Å². The molecule has 0 aromatic heterocycles. The van der Waals surface area contributed by atoms with Crippen molar-refractivity contribution in [2.45, 2.75) is 81.6 Å². The van der Waals surface area contributed by atoms with E-state index in [2.05, 4.69) is 4.99 Å². The third kappa shape index (κ3) is 4.78. The molecule has 0 radical (unpaired) electrons. The van der Waals surface area contributed by atoms with Crippen molar-refractivity contribution in [3.8, 4) is 11.5 Å². The maximum Gasteiger partial charge on any atom is 0.342 e. The van der Waals surface area contributed by atoms with Crippen LogP contribution in [-0.2, 0) is 35.7 Å². The van der Waals surface area contributed by atoms with Crippen molar-refractivity contribution in [1.29, 1.82) is 0 Å². The zero-order chi connectivity index (χ0) is 37.5. The van der Waals surface area contributed by atoms with Crippen molar-refractivity contribution in [2.24, 2.45) is 4.99 Å².